The van der Waals surface area contributed by atoms with Gasteiger partial charge in [0.2, 0.25) is 0 Å². The lowest BCUT2D eigenvalue weighted by molar-refractivity contribution is 0.108. The molecule has 15 heavy (non-hydrogen) atoms. The van der Waals surface area contributed by atoms with Crippen LogP contribution in [0.15, 0.2) is 6.07 Å². The molecule has 0 unspecified atom stereocenters. The molecule has 78 valence electrons. The largest absolute Gasteiger partial charge is 0.280 e. The SMILES string of the molecule is Cc1nc(C(F)F)cc(C(=O)Cl)c1C#N. The van der Waals surface area contributed by atoms with Crippen molar-refractivity contribution in [2.24, 2.45) is 0 Å². The van der Waals surface area contributed by atoms with Gasteiger partial charge in [-0.2, -0.15) is 5.26 Å². The highest BCUT2D eigenvalue weighted by molar-refractivity contribution is 6.68. The van der Waals surface area contributed by atoms with Crippen molar-refractivity contribution in [1.82, 2.24) is 4.98 Å². The zero-order valence-corrected chi connectivity index (χ0v) is 8.35. The van der Waals surface area contributed by atoms with Crippen molar-refractivity contribution in [2.45, 2.75) is 13.3 Å². The van der Waals surface area contributed by atoms with Crippen LogP contribution >= 0.6 is 11.6 Å². The van der Waals surface area contributed by atoms with Crippen LogP contribution in [-0.4, -0.2) is 10.2 Å². The molecule has 0 radical (unpaired) electrons. The maximum absolute atomic E-state index is 12.3. The molecule has 0 atom stereocenters. The van der Waals surface area contributed by atoms with E-state index in [9.17, 15) is 13.6 Å². The second-order valence-electron chi connectivity index (χ2n) is 2.74. The van der Waals surface area contributed by atoms with E-state index < -0.39 is 17.4 Å². The Kier molecular flexibility index (Phi) is 3.32. The van der Waals surface area contributed by atoms with Crippen molar-refractivity contribution < 1.29 is 13.6 Å². The molecule has 0 aromatic carbocycles. The quantitative estimate of drug-likeness (QED) is 0.734. The summed E-state index contributed by atoms with van der Waals surface area (Å²) in [5.74, 6) is 0. The average Bonchev–Trinajstić information content (AvgIpc) is 2.16. The van der Waals surface area contributed by atoms with Crippen LogP contribution in [0.4, 0.5) is 8.78 Å². The van der Waals surface area contributed by atoms with Crippen molar-refractivity contribution >= 4 is 16.8 Å². The van der Waals surface area contributed by atoms with E-state index in [4.69, 9.17) is 16.9 Å². The Hall–Kier alpha value is -1.54. The minimum atomic E-state index is -2.80. The van der Waals surface area contributed by atoms with E-state index in [1.165, 1.54) is 6.92 Å². The Balaban J connectivity index is 3.47. The molecule has 0 aliphatic carbocycles. The van der Waals surface area contributed by atoms with E-state index >= 15 is 0 Å². The molecule has 0 N–H and O–H groups in total. The highest BCUT2D eigenvalue weighted by atomic mass is 35.5. The van der Waals surface area contributed by atoms with Crippen molar-refractivity contribution in [3.05, 3.63) is 28.6 Å². The van der Waals surface area contributed by atoms with Crippen molar-refractivity contribution in [3.8, 4) is 6.07 Å². The summed E-state index contributed by atoms with van der Waals surface area (Å²) in [4.78, 5) is 14.4. The minimum absolute atomic E-state index is 0.0688. The van der Waals surface area contributed by atoms with E-state index in [2.05, 4.69) is 4.98 Å². The van der Waals surface area contributed by atoms with Crippen molar-refractivity contribution in [3.63, 3.8) is 0 Å². The summed E-state index contributed by atoms with van der Waals surface area (Å²) < 4.78 is 24.7. The number of hydrogen-bond acceptors (Lipinski definition) is 3. The van der Waals surface area contributed by atoms with E-state index in [0.29, 0.717) is 0 Å². The molecule has 1 rings (SSSR count). The molecule has 0 aliphatic heterocycles. The fraction of sp³-hybridized carbons (Fsp3) is 0.222. The van der Waals surface area contributed by atoms with Crippen LogP contribution in [-0.2, 0) is 0 Å². The van der Waals surface area contributed by atoms with Crippen LogP contribution in [0.25, 0.3) is 0 Å². The molecular weight excluding hydrogens is 226 g/mol. The smallest absolute Gasteiger partial charge is 0.276 e. The van der Waals surface area contributed by atoms with Crippen LogP contribution < -0.4 is 0 Å². The van der Waals surface area contributed by atoms with Gasteiger partial charge in [-0.25, -0.2) is 8.78 Å². The maximum Gasteiger partial charge on any atom is 0.280 e. The van der Waals surface area contributed by atoms with Gasteiger partial charge in [0.15, 0.2) is 0 Å². The number of rotatable bonds is 2. The van der Waals surface area contributed by atoms with Gasteiger partial charge in [0.25, 0.3) is 11.7 Å². The van der Waals surface area contributed by atoms with Gasteiger partial charge in [-0.1, -0.05) is 0 Å². The van der Waals surface area contributed by atoms with E-state index in [1.54, 1.807) is 6.07 Å². The third-order valence-corrected chi connectivity index (χ3v) is 1.97. The molecule has 0 saturated heterocycles. The third-order valence-electron chi connectivity index (χ3n) is 1.77. The lowest BCUT2D eigenvalue weighted by atomic mass is 10.1. The van der Waals surface area contributed by atoms with Crippen LogP contribution in [0.2, 0.25) is 0 Å². The van der Waals surface area contributed by atoms with E-state index in [1.807, 2.05) is 0 Å². The Labute approximate surface area is 89.3 Å². The van der Waals surface area contributed by atoms with E-state index in [0.717, 1.165) is 6.07 Å². The number of carbonyl (C=O) groups excluding carboxylic acids is 1. The predicted molar refractivity (Wildman–Crippen MR) is 48.8 cm³/mol. The monoisotopic (exact) mass is 230 g/mol. The first-order valence-corrected chi connectivity index (χ1v) is 4.24. The van der Waals surface area contributed by atoms with Crippen LogP contribution in [0.3, 0.4) is 0 Å². The summed E-state index contributed by atoms with van der Waals surface area (Å²) in [7, 11) is 0. The van der Waals surface area contributed by atoms with Crippen LogP contribution in [0, 0.1) is 18.3 Å². The number of pyridine rings is 1. The average molecular weight is 231 g/mol. The summed E-state index contributed by atoms with van der Waals surface area (Å²) >= 11 is 5.17. The molecule has 0 saturated carbocycles. The fourth-order valence-corrected chi connectivity index (χ4v) is 1.25. The number of nitriles is 1. The number of nitrogens with zero attached hydrogens (tertiary/aromatic N) is 2. The molecule has 1 aromatic heterocycles. The van der Waals surface area contributed by atoms with Gasteiger partial charge in [0.1, 0.15) is 11.8 Å². The number of halogens is 3. The van der Waals surface area contributed by atoms with Crippen LogP contribution in [0.5, 0.6) is 0 Å². The van der Waals surface area contributed by atoms with Crippen LogP contribution in [0.1, 0.15) is 33.7 Å². The van der Waals surface area contributed by atoms with Gasteiger partial charge in [-0.05, 0) is 24.6 Å². The first-order chi connectivity index (χ1) is 6.97. The number of hydrogen-bond donors (Lipinski definition) is 0. The molecule has 0 amide bonds. The summed E-state index contributed by atoms with van der Waals surface area (Å²) in [6, 6.07) is 2.54. The number of alkyl halides is 2. The van der Waals surface area contributed by atoms with Gasteiger partial charge in [0.05, 0.1) is 16.8 Å². The highest BCUT2D eigenvalue weighted by Gasteiger charge is 2.18. The Bertz CT molecular complexity index is 454. The molecular formula is C9H5ClF2N2O. The lowest BCUT2D eigenvalue weighted by Gasteiger charge is -2.05. The molecule has 0 aliphatic rings. The topological polar surface area (TPSA) is 53.8 Å². The lowest BCUT2D eigenvalue weighted by Crippen LogP contribution is -2.03. The van der Waals surface area contributed by atoms with Gasteiger partial charge in [-0.15, -0.1) is 0 Å². The summed E-state index contributed by atoms with van der Waals surface area (Å²) in [6.07, 6.45) is -2.80. The second-order valence-corrected chi connectivity index (χ2v) is 3.08. The van der Waals surface area contributed by atoms with Gasteiger partial charge in [-0.3, -0.25) is 9.78 Å². The molecule has 3 nitrogen and oxygen atoms in total. The molecule has 1 heterocycles. The predicted octanol–water partition coefficient (Wildman–Crippen LogP) is 2.58. The summed E-state index contributed by atoms with van der Waals surface area (Å²) in [5, 5.41) is 7.74. The Morgan fingerprint density at radius 3 is 2.67 bits per heavy atom. The summed E-state index contributed by atoms with van der Waals surface area (Å²) in [6.45, 7) is 1.37. The molecule has 0 bridgehead atoms. The molecule has 0 spiro atoms. The first-order valence-electron chi connectivity index (χ1n) is 3.87. The van der Waals surface area contributed by atoms with Gasteiger partial charge >= 0.3 is 0 Å². The molecule has 6 heteroatoms. The first kappa shape index (κ1) is 11.5. The second kappa shape index (κ2) is 4.32. The van der Waals surface area contributed by atoms with E-state index in [-0.39, 0.29) is 16.8 Å². The third kappa shape index (κ3) is 2.28. The Morgan fingerprint density at radius 1 is 1.67 bits per heavy atom. The van der Waals surface area contributed by atoms with Crippen molar-refractivity contribution in [2.75, 3.05) is 0 Å². The zero-order valence-electron chi connectivity index (χ0n) is 7.59. The highest BCUT2D eigenvalue weighted by Crippen LogP contribution is 2.22. The molecule has 0 fully saturated rings. The Morgan fingerprint density at radius 2 is 2.27 bits per heavy atom. The van der Waals surface area contributed by atoms with Gasteiger partial charge in [0, 0.05) is 0 Å². The number of carbonyl (C=O) groups is 1. The number of aromatic nitrogens is 1. The molecule has 1 aromatic rings. The fourth-order valence-electron chi connectivity index (χ4n) is 1.10. The standard InChI is InChI=1S/C9H5ClF2N2O/c1-4-6(3-13)5(8(10)15)2-7(14-4)9(11)12/h2,9H,1H3. The van der Waals surface area contributed by atoms with Crippen molar-refractivity contribution in [1.29, 1.82) is 5.26 Å². The normalized spacial score (nSPS) is 10.1. The summed E-state index contributed by atoms with van der Waals surface area (Å²) in [5.41, 5.74) is -0.795. The minimum Gasteiger partial charge on any atom is -0.276 e. The van der Waals surface area contributed by atoms with Gasteiger partial charge < -0.3 is 0 Å². The number of aryl methyl sites for hydroxylation is 1. The zero-order chi connectivity index (χ0) is 11.6. The maximum atomic E-state index is 12.3.